The number of carbonyl (C=O) groups is 1. The second-order valence-corrected chi connectivity index (χ2v) is 4.59. The maximum Gasteiger partial charge on any atom is 0.416 e. The van der Waals surface area contributed by atoms with Crippen LogP contribution in [-0.4, -0.2) is 30.1 Å². The van der Waals surface area contributed by atoms with E-state index in [-0.39, 0.29) is 17.1 Å². The summed E-state index contributed by atoms with van der Waals surface area (Å²) < 4.78 is 38.2. The number of aromatic nitrogens is 1. The zero-order valence-corrected chi connectivity index (χ0v) is 12.4. The third-order valence-electron chi connectivity index (χ3n) is 3.05. The van der Waals surface area contributed by atoms with Gasteiger partial charge in [-0.1, -0.05) is 6.07 Å². The monoisotopic (exact) mass is 325 g/mol. The lowest BCUT2D eigenvalue weighted by Crippen LogP contribution is -2.26. The molecule has 0 atom stereocenters. The van der Waals surface area contributed by atoms with Crippen LogP contribution in [-0.2, 0) is 11.0 Å². The molecule has 2 rings (SSSR count). The fourth-order valence-corrected chi connectivity index (χ4v) is 1.84. The highest BCUT2D eigenvalue weighted by molar-refractivity contribution is 5.98. The first-order valence-electron chi connectivity index (χ1n) is 6.54. The summed E-state index contributed by atoms with van der Waals surface area (Å²) in [5.74, 6) is -0.337. The molecule has 1 aromatic carbocycles. The standard InChI is InChI=1S/C15H14F3N3O2/c1-21(23-2)14(22)12-7-4-8-19-13(12)20-11-6-3-5-10(9-11)15(16,17)18/h3-9H,1-2H3,(H,19,20). The largest absolute Gasteiger partial charge is 0.416 e. The maximum absolute atomic E-state index is 12.7. The average Bonchev–Trinajstić information content (AvgIpc) is 2.53. The van der Waals surface area contributed by atoms with Crippen LogP contribution in [0.5, 0.6) is 0 Å². The summed E-state index contributed by atoms with van der Waals surface area (Å²) in [4.78, 5) is 21.0. The number of rotatable bonds is 4. The minimum atomic E-state index is -4.45. The molecule has 0 fully saturated rings. The molecule has 122 valence electrons. The minimum Gasteiger partial charge on any atom is -0.340 e. The summed E-state index contributed by atoms with van der Waals surface area (Å²) in [6.45, 7) is 0. The maximum atomic E-state index is 12.7. The zero-order chi connectivity index (χ0) is 17.0. The molecular weight excluding hydrogens is 311 g/mol. The van der Waals surface area contributed by atoms with E-state index in [9.17, 15) is 18.0 Å². The van der Waals surface area contributed by atoms with Gasteiger partial charge in [-0.15, -0.1) is 0 Å². The molecule has 0 saturated carbocycles. The van der Waals surface area contributed by atoms with Crippen molar-refractivity contribution < 1.29 is 22.8 Å². The highest BCUT2D eigenvalue weighted by atomic mass is 19.4. The average molecular weight is 325 g/mol. The van der Waals surface area contributed by atoms with Crippen molar-refractivity contribution in [3.05, 3.63) is 53.7 Å². The number of anilines is 2. The van der Waals surface area contributed by atoms with Crippen LogP contribution in [0.2, 0.25) is 0 Å². The number of carbonyl (C=O) groups excluding carboxylic acids is 1. The van der Waals surface area contributed by atoms with E-state index >= 15 is 0 Å². The Bertz CT molecular complexity index is 704. The van der Waals surface area contributed by atoms with Gasteiger partial charge in [0.2, 0.25) is 0 Å². The molecule has 0 unspecified atom stereocenters. The summed E-state index contributed by atoms with van der Waals surface area (Å²) in [7, 11) is 2.75. The molecule has 0 spiro atoms. The van der Waals surface area contributed by atoms with Gasteiger partial charge in [0.15, 0.2) is 0 Å². The third kappa shape index (κ3) is 3.98. The van der Waals surface area contributed by atoms with Gasteiger partial charge in [0, 0.05) is 18.9 Å². The Balaban J connectivity index is 2.33. The van der Waals surface area contributed by atoms with Gasteiger partial charge in [0.25, 0.3) is 5.91 Å². The Labute approximate surface area is 130 Å². The van der Waals surface area contributed by atoms with E-state index in [0.717, 1.165) is 17.2 Å². The highest BCUT2D eigenvalue weighted by Gasteiger charge is 2.30. The van der Waals surface area contributed by atoms with Crippen molar-refractivity contribution in [1.82, 2.24) is 10.0 Å². The molecule has 1 heterocycles. The molecule has 1 amide bonds. The number of amides is 1. The Kier molecular flexibility index (Phi) is 4.85. The number of hydroxylamine groups is 2. The molecule has 8 heteroatoms. The molecule has 2 aromatic rings. The van der Waals surface area contributed by atoms with Gasteiger partial charge in [0.1, 0.15) is 5.82 Å². The number of halogens is 3. The molecule has 0 aliphatic heterocycles. The van der Waals surface area contributed by atoms with E-state index in [2.05, 4.69) is 10.3 Å². The minimum absolute atomic E-state index is 0.140. The van der Waals surface area contributed by atoms with Gasteiger partial charge >= 0.3 is 6.18 Å². The fraction of sp³-hybridized carbons (Fsp3) is 0.200. The van der Waals surface area contributed by atoms with E-state index in [0.29, 0.717) is 0 Å². The van der Waals surface area contributed by atoms with E-state index in [1.807, 2.05) is 0 Å². The Hall–Kier alpha value is -2.61. The van der Waals surface area contributed by atoms with Crippen LogP contribution in [0.25, 0.3) is 0 Å². The van der Waals surface area contributed by atoms with E-state index in [1.165, 1.54) is 38.6 Å². The number of nitrogens with zero attached hydrogens (tertiary/aromatic N) is 2. The number of nitrogens with one attached hydrogen (secondary N) is 1. The lowest BCUT2D eigenvalue weighted by atomic mass is 10.2. The van der Waals surface area contributed by atoms with Crippen molar-refractivity contribution in [2.24, 2.45) is 0 Å². The summed E-state index contributed by atoms with van der Waals surface area (Å²) in [6, 6.07) is 7.70. The molecule has 0 saturated heterocycles. The molecule has 23 heavy (non-hydrogen) atoms. The number of hydrogen-bond donors (Lipinski definition) is 1. The van der Waals surface area contributed by atoms with E-state index < -0.39 is 17.6 Å². The van der Waals surface area contributed by atoms with Gasteiger partial charge in [0.05, 0.1) is 18.2 Å². The SMILES string of the molecule is CON(C)C(=O)c1cccnc1Nc1cccc(C(F)(F)F)c1. The summed E-state index contributed by atoms with van der Waals surface area (Å²) in [5.41, 5.74) is -0.442. The normalized spacial score (nSPS) is 11.2. The van der Waals surface area contributed by atoms with Crippen LogP contribution < -0.4 is 5.32 Å². The van der Waals surface area contributed by atoms with E-state index in [1.54, 1.807) is 6.07 Å². The topological polar surface area (TPSA) is 54.5 Å². The van der Waals surface area contributed by atoms with Crippen molar-refractivity contribution in [2.45, 2.75) is 6.18 Å². The van der Waals surface area contributed by atoms with E-state index in [4.69, 9.17) is 4.84 Å². The Morgan fingerprint density at radius 2 is 2.00 bits per heavy atom. The summed E-state index contributed by atoms with van der Waals surface area (Å²) in [5, 5.41) is 3.73. The molecule has 0 radical (unpaired) electrons. The molecule has 1 aromatic heterocycles. The lowest BCUT2D eigenvalue weighted by Gasteiger charge is -2.16. The highest BCUT2D eigenvalue weighted by Crippen LogP contribution is 2.31. The molecule has 0 aliphatic carbocycles. The van der Waals surface area contributed by atoms with Crippen LogP contribution in [0.3, 0.4) is 0 Å². The first kappa shape index (κ1) is 16.8. The number of hydrogen-bond acceptors (Lipinski definition) is 4. The Morgan fingerprint density at radius 1 is 1.26 bits per heavy atom. The summed E-state index contributed by atoms with van der Waals surface area (Å²) in [6.07, 6.45) is -3.02. The molecule has 5 nitrogen and oxygen atoms in total. The van der Waals surface area contributed by atoms with Crippen molar-refractivity contribution >= 4 is 17.4 Å². The summed E-state index contributed by atoms with van der Waals surface area (Å²) >= 11 is 0. The van der Waals surface area contributed by atoms with Crippen molar-refractivity contribution in [3.8, 4) is 0 Å². The Morgan fingerprint density at radius 3 is 2.65 bits per heavy atom. The molecule has 0 bridgehead atoms. The fourth-order valence-electron chi connectivity index (χ4n) is 1.84. The predicted octanol–water partition coefficient (Wildman–Crippen LogP) is 3.48. The second kappa shape index (κ2) is 6.66. The van der Waals surface area contributed by atoms with Gasteiger partial charge in [-0.05, 0) is 30.3 Å². The van der Waals surface area contributed by atoms with Gasteiger partial charge in [-0.25, -0.2) is 10.0 Å². The predicted molar refractivity (Wildman–Crippen MR) is 78.1 cm³/mol. The van der Waals surface area contributed by atoms with Crippen molar-refractivity contribution in [2.75, 3.05) is 19.5 Å². The van der Waals surface area contributed by atoms with Crippen LogP contribution in [0.15, 0.2) is 42.6 Å². The van der Waals surface area contributed by atoms with Crippen molar-refractivity contribution in [3.63, 3.8) is 0 Å². The lowest BCUT2D eigenvalue weighted by molar-refractivity contribution is -0.137. The van der Waals surface area contributed by atoms with Crippen molar-refractivity contribution in [1.29, 1.82) is 0 Å². The first-order valence-corrected chi connectivity index (χ1v) is 6.54. The molecular formula is C15H14F3N3O2. The molecule has 0 aliphatic rings. The van der Waals surface area contributed by atoms with Crippen LogP contribution in [0.1, 0.15) is 15.9 Å². The van der Waals surface area contributed by atoms with Crippen LogP contribution in [0.4, 0.5) is 24.7 Å². The third-order valence-corrected chi connectivity index (χ3v) is 3.05. The number of pyridine rings is 1. The smallest absolute Gasteiger partial charge is 0.340 e. The molecule has 1 N–H and O–H groups in total. The van der Waals surface area contributed by atoms with Crippen LogP contribution in [0, 0.1) is 0 Å². The van der Waals surface area contributed by atoms with Gasteiger partial charge in [-0.2, -0.15) is 13.2 Å². The quantitative estimate of drug-likeness (QED) is 0.875. The van der Waals surface area contributed by atoms with Gasteiger partial charge < -0.3 is 5.32 Å². The second-order valence-electron chi connectivity index (χ2n) is 4.59. The van der Waals surface area contributed by atoms with Gasteiger partial charge in [-0.3, -0.25) is 9.63 Å². The zero-order valence-electron chi connectivity index (χ0n) is 12.4. The van der Waals surface area contributed by atoms with Crippen LogP contribution >= 0.6 is 0 Å². The number of alkyl halides is 3. The first-order chi connectivity index (χ1) is 10.8. The number of benzene rings is 1.